The van der Waals surface area contributed by atoms with Crippen LogP contribution in [0.2, 0.25) is 0 Å². The van der Waals surface area contributed by atoms with E-state index in [0.29, 0.717) is 36.5 Å². The van der Waals surface area contributed by atoms with Crippen LogP contribution in [-0.4, -0.2) is 36.2 Å². The molecular weight excluding hydrogens is 372 g/mol. The van der Waals surface area contributed by atoms with Crippen molar-refractivity contribution in [2.24, 2.45) is 5.92 Å². The highest BCUT2D eigenvalue weighted by atomic mass is 32.1. The van der Waals surface area contributed by atoms with E-state index in [9.17, 15) is 18.4 Å². The van der Waals surface area contributed by atoms with Crippen molar-refractivity contribution >= 4 is 28.0 Å². The number of halogens is 2. The maximum absolute atomic E-state index is 13.8. The van der Waals surface area contributed by atoms with Crippen molar-refractivity contribution in [2.75, 3.05) is 25.0 Å². The first-order valence-electron chi connectivity index (χ1n) is 8.47. The van der Waals surface area contributed by atoms with Gasteiger partial charge in [-0.1, -0.05) is 0 Å². The number of thiophene rings is 1. The Balaban J connectivity index is 1.53. The summed E-state index contributed by atoms with van der Waals surface area (Å²) in [5, 5.41) is 13.9. The molecule has 1 aromatic carbocycles. The van der Waals surface area contributed by atoms with Gasteiger partial charge in [-0.3, -0.25) is 14.5 Å². The fourth-order valence-electron chi connectivity index (χ4n) is 3.12. The first-order valence-corrected chi connectivity index (χ1v) is 9.35. The van der Waals surface area contributed by atoms with Crippen LogP contribution in [0.5, 0.6) is 0 Å². The third-order valence-corrected chi connectivity index (χ3v) is 5.39. The number of nitrogens with one attached hydrogen (secondary N) is 1. The quantitative estimate of drug-likeness (QED) is 0.795. The van der Waals surface area contributed by atoms with Crippen molar-refractivity contribution in [3.63, 3.8) is 0 Å². The zero-order chi connectivity index (χ0) is 19.4. The number of benzene rings is 1. The van der Waals surface area contributed by atoms with Crippen LogP contribution in [0.3, 0.4) is 0 Å². The number of hydrogen-bond acceptors (Lipinski definition) is 5. The molecule has 5 nitrogen and oxygen atoms in total. The Labute approximate surface area is 159 Å². The number of hydrogen-bond donors (Lipinski definition) is 1. The van der Waals surface area contributed by atoms with Gasteiger partial charge in [-0.25, -0.2) is 8.78 Å². The van der Waals surface area contributed by atoms with Gasteiger partial charge in [0.05, 0.1) is 17.7 Å². The monoisotopic (exact) mass is 389 g/mol. The lowest BCUT2D eigenvalue weighted by Gasteiger charge is -2.30. The molecule has 2 heterocycles. The number of piperidine rings is 1. The fourth-order valence-corrected chi connectivity index (χ4v) is 3.88. The molecule has 1 aliphatic heterocycles. The predicted octanol–water partition coefficient (Wildman–Crippen LogP) is 3.43. The van der Waals surface area contributed by atoms with Crippen LogP contribution in [0.15, 0.2) is 29.6 Å². The maximum atomic E-state index is 13.8. The first-order chi connectivity index (χ1) is 13.0. The summed E-state index contributed by atoms with van der Waals surface area (Å²) < 4.78 is 27.1. The van der Waals surface area contributed by atoms with Crippen molar-refractivity contribution in [1.29, 1.82) is 5.26 Å². The Morgan fingerprint density at radius 3 is 2.70 bits per heavy atom. The average Bonchev–Trinajstić information content (AvgIpc) is 3.10. The van der Waals surface area contributed by atoms with Crippen LogP contribution in [0.25, 0.3) is 0 Å². The zero-order valence-electron chi connectivity index (χ0n) is 14.4. The molecule has 1 aromatic heterocycles. The summed E-state index contributed by atoms with van der Waals surface area (Å²) in [4.78, 5) is 26.5. The summed E-state index contributed by atoms with van der Waals surface area (Å²) in [7, 11) is 0. The minimum absolute atomic E-state index is 0.151. The molecular formula is C19H17F2N3O2S. The maximum Gasteiger partial charge on any atom is 0.239 e. The van der Waals surface area contributed by atoms with E-state index in [4.69, 9.17) is 5.26 Å². The van der Waals surface area contributed by atoms with Gasteiger partial charge < -0.3 is 5.32 Å². The lowest BCUT2D eigenvalue weighted by atomic mass is 9.88. The van der Waals surface area contributed by atoms with Crippen LogP contribution in [0.4, 0.5) is 13.8 Å². The van der Waals surface area contributed by atoms with Crippen LogP contribution in [-0.2, 0) is 4.79 Å². The first kappa shape index (κ1) is 19.1. The number of nitrogens with zero attached hydrogens (tertiary/aromatic N) is 2. The van der Waals surface area contributed by atoms with Gasteiger partial charge in [-0.15, -0.1) is 11.3 Å². The Bertz CT molecular complexity index is 899. The number of carbonyl (C=O) groups excluding carboxylic acids is 2. The summed E-state index contributed by atoms with van der Waals surface area (Å²) in [6, 6.07) is 6.54. The number of likely N-dealkylation sites (tertiary alicyclic amines) is 1. The Morgan fingerprint density at radius 1 is 1.26 bits per heavy atom. The van der Waals surface area contributed by atoms with Gasteiger partial charge in [0, 0.05) is 5.92 Å². The van der Waals surface area contributed by atoms with Crippen molar-refractivity contribution in [3.8, 4) is 6.07 Å². The fraction of sp³-hybridized carbons (Fsp3) is 0.316. The molecule has 0 radical (unpaired) electrons. The normalized spacial score (nSPS) is 15.3. The van der Waals surface area contributed by atoms with E-state index in [0.717, 1.165) is 18.2 Å². The van der Waals surface area contributed by atoms with Crippen LogP contribution in [0.1, 0.15) is 28.8 Å². The van der Waals surface area contributed by atoms with Gasteiger partial charge in [-0.2, -0.15) is 5.26 Å². The molecule has 0 unspecified atom stereocenters. The van der Waals surface area contributed by atoms with E-state index in [1.165, 1.54) is 11.3 Å². The summed E-state index contributed by atoms with van der Waals surface area (Å²) in [6.07, 6.45) is 0.953. The molecule has 1 fully saturated rings. The standard InChI is InChI=1S/C19H17F2N3O2S/c20-14-1-2-16(21)15(9-14)18(26)12-3-6-24(7-4-12)11-17(25)23-19-13(10-22)5-8-27-19/h1-2,5,8-9,12H,3-4,6-7,11H2,(H,23,25). The molecule has 1 N–H and O–H groups in total. The molecule has 3 rings (SSSR count). The third-order valence-electron chi connectivity index (χ3n) is 4.56. The molecule has 140 valence electrons. The number of ketones is 1. The zero-order valence-corrected chi connectivity index (χ0v) is 15.2. The second kappa shape index (κ2) is 8.37. The summed E-state index contributed by atoms with van der Waals surface area (Å²) >= 11 is 1.29. The number of anilines is 1. The lowest BCUT2D eigenvalue weighted by Crippen LogP contribution is -2.40. The molecule has 0 bridgehead atoms. The highest BCUT2D eigenvalue weighted by molar-refractivity contribution is 7.14. The molecule has 8 heteroatoms. The number of nitriles is 1. The van der Waals surface area contributed by atoms with Crippen molar-refractivity contribution in [2.45, 2.75) is 12.8 Å². The highest BCUT2D eigenvalue weighted by Crippen LogP contribution is 2.25. The van der Waals surface area contributed by atoms with Gasteiger partial charge in [-0.05, 0) is 55.6 Å². The number of carbonyl (C=O) groups is 2. The minimum Gasteiger partial charge on any atom is -0.315 e. The SMILES string of the molecule is N#Cc1ccsc1NC(=O)CN1CCC(C(=O)c2cc(F)ccc2F)CC1. The molecule has 1 aliphatic rings. The van der Waals surface area contributed by atoms with Crippen LogP contribution >= 0.6 is 11.3 Å². The summed E-state index contributed by atoms with van der Waals surface area (Å²) in [5.41, 5.74) is 0.211. The van der Waals surface area contributed by atoms with E-state index < -0.39 is 17.4 Å². The molecule has 0 saturated carbocycles. The molecule has 1 amide bonds. The van der Waals surface area contributed by atoms with Gasteiger partial charge in [0.1, 0.15) is 22.7 Å². The molecule has 0 aliphatic carbocycles. The Morgan fingerprint density at radius 2 is 2.00 bits per heavy atom. The topological polar surface area (TPSA) is 73.2 Å². The Kier molecular flexibility index (Phi) is 5.94. The van der Waals surface area contributed by atoms with Crippen LogP contribution < -0.4 is 5.32 Å². The van der Waals surface area contributed by atoms with E-state index in [1.807, 2.05) is 11.0 Å². The molecule has 0 atom stereocenters. The van der Waals surface area contributed by atoms with Crippen molar-refractivity contribution in [3.05, 3.63) is 52.4 Å². The highest BCUT2D eigenvalue weighted by Gasteiger charge is 2.28. The smallest absolute Gasteiger partial charge is 0.239 e. The van der Waals surface area contributed by atoms with E-state index >= 15 is 0 Å². The molecule has 2 aromatic rings. The largest absolute Gasteiger partial charge is 0.315 e. The van der Waals surface area contributed by atoms with E-state index in [-0.39, 0.29) is 23.9 Å². The molecule has 27 heavy (non-hydrogen) atoms. The predicted molar refractivity (Wildman–Crippen MR) is 97.5 cm³/mol. The van der Waals surface area contributed by atoms with Gasteiger partial charge in [0.25, 0.3) is 0 Å². The minimum atomic E-state index is -0.715. The second-order valence-corrected chi connectivity index (χ2v) is 7.28. The number of amides is 1. The second-order valence-electron chi connectivity index (χ2n) is 6.36. The number of rotatable bonds is 5. The van der Waals surface area contributed by atoms with Crippen molar-refractivity contribution in [1.82, 2.24) is 4.90 Å². The molecule has 0 spiro atoms. The molecule has 1 saturated heterocycles. The Hall–Kier alpha value is -2.63. The van der Waals surface area contributed by atoms with Crippen LogP contribution in [0, 0.1) is 28.9 Å². The van der Waals surface area contributed by atoms with Gasteiger partial charge in [0.2, 0.25) is 5.91 Å². The average molecular weight is 389 g/mol. The van der Waals surface area contributed by atoms with E-state index in [1.54, 1.807) is 11.4 Å². The summed E-state index contributed by atoms with van der Waals surface area (Å²) in [5.74, 6) is -2.36. The van der Waals surface area contributed by atoms with Gasteiger partial charge in [0.15, 0.2) is 5.78 Å². The van der Waals surface area contributed by atoms with Gasteiger partial charge >= 0.3 is 0 Å². The number of Topliss-reactive ketones (excluding diaryl/α,β-unsaturated/α-hetero) is 1. The van der Waals surface area contributed by atoms with E-state index in [2.05, 4.69) is 5.32 Å². The van der Waals surface area contributed by atoms with Crippen molar-refractivity contribution < 1.29 is 18.4 Å². The lowest BCUT2D eigenvalue weighted by molar-refractivity contribution is -0.117. The summed E-state index contributed by atoms with van der Waals surface area (Å²) in [6.45, 7) is 1.17. The third kappa shape index (κ3) is 4.56.